The van der Waals surface area contributed by atoms with E-state index in [9.17, 15) is 8.42 Å². The quantitative estimate of drug-likeness (QED) is 0.846. The van der Waals surface area contributed by atoms with Gasteiger partial charge in [0, 0.05) is 0 Å². The first kappa shape index (κ1) is 13.6. The number of hydrogen-bond donors (Lipinski definition) is 0. The molecule has 0 spiro atoms. The first-order valence-corrected chi connectivity index (χ1v) is 8.16. The van der Waals surface area contributed by atoms with Crippen LogP contribution >= 0.6 is 0 Å². The average molecular weight is 268 g/mol. The number of sulfone groups is 1. The number of benzene rings is 1. The Hall–Kier alpha value is -0.870. The summed E-state index contributed by atoms with van der Waals surface area (Å²) in [4.78, 5) is 0.394. The normalized spacial score (nSPS) is 25.6. The van der Waals surface area contributed by atoms with Crippen LogP contribution in [0.15, 0.2) is 35.2 Å². The highest BCUT2D eigenvalue weighted by molar-refractivity contribution is 7.91. The molecule has 0 aromatic heterocycles. The summed E-state index contributed by atoms with van der Waals surface area (Å²) in [6.45, 7) is 2.02. The van der Waals surface area contributed by atoms with E-state index in [1.807, 2.05) is 13.0 Å². The summed E-state index contributed by atoms with van der Waals surface area (Å²) in [5, 5.41) is 0. The number of hydrogen-bond acceptors (Lipinski definition) is 3. The van der Waals surface area contributed by atoms with Crippen LogP contribution in [0.4, 0.5) is 0 Å². The lowest BCUT2D eigenvalue weighted by atomic mass is 10.1. The molecule has 0 N–H and O–H groups in total. The fourth-order valence-electron chi connectivity index (χ4n) is 2.36. The summed E-state index contributed by atoms with van der Waals surface area (Å²) in [6, 6.07) is 8.63. The van der Waals surface area contributed by atoms with Gasteiger partial charge in [0.15, 0.2) is 9.84 Å². The van der Waals surface area contributed by atoms with Gasteiger partial charge in [-0.2, -0.15) is 0 Å². The Kier molecular flexibility index (Phi) is 4.40. The molecule has 1 aliphatic heterocycles. The summed E-state index contributed by atoms with van der Waals surface area (Å²) in [6.07, 6.45) is 4.07. The van der Waals surface area contributed by atoms with Gasteiger partial charge in [-0.1, -0.05) is 31.0 Å². The molecule has 1 heterocycles. The van der Waals surface area contributed by atoms with E-state index >= 15 is 0 Å². The Morgan fingerprint density at radius 1 is 1.17 bits per heavy atom. The van der Waals surface area contributed by atoms with Crippen LogP contribution in [0.1, 0.15) is 32.6 Å². The zero-order valence-corrected chi connectivity index (χ0v) is 11.5. The molecule has 1 fully saturated rings. The Bertz CT molecular complexity index is 467. The highest BCUT2D eigenvalue weighted by Gasteiger charge is 2.24. The van der Waals surface area contributed by atoms with Crippen LogP contribution in [0.3, 0.4) is 0 Å². The molecule has 2 atom stereocenters. The first-order valence-electron chi connectivity index (χ1n) is 6.51. The van der Waals surface area contributed by atoms with Crippen LogP contribution in [0.5, 0.6) is 0 Å². The van der Waals surface area contributed by atoms with E-state index in [-0.39, 0.29) is 18.0 Å². The van der Waals surface area contributed by atoms with Crippen LogP contribution in [0.2, 0.25) is 0 Å². The fourth-order valence-corrected chi connectivity index (χ4v) is 3.86. The van der Waals surface area contributed by atoms with Crippen molar-refractivity contribution < 1.29 is 13.2 Å². The molecule has 18 heavy (non-hydrogen) atoms. The third-order valence-electron chi connectivity index (χ3n) is 3.32. The van der Waals surface area contributed by atoms with E-state index < -0.39 is 9.84 Å². The van der Waals surface area contributed by atoms with E-state index in [0.29, 0.717) is 4.90 Å². The minimum Gasteiger partial charge on any atom is -0.374 e. The third kappa shape index (κ3) is 3.56. The second-order valence-corrected chi connectivity index (χ2v) is 6.98. The van der Waals surface area contributed by atoms with E-state index in [2.05, 4.69) is 0 Å². The molecule has 3 nitrogen and oxygen atoms in total. The van der Waals surface area contributed by atoms with E-state index in [0.717, 1.165) is 25.7 Å². The SMILES string of the molecule is C[C@H]1CCCC[C@H](CS(=O)(=O)c2ccccc2)O1. The molecular weight excluding hydrogens is 248 g/mol. The standard InChI is InChI=1S/C14H20O3S/c1-12-7-5-6-8-13(17-12)11-18(15,16)14-9-3-2-4-10-14/h2-4,9-10,12-13H,5-8,11H2,1H3/t12-,13+/m0/s1. The topological polar surface area (TPSA) is 43.4 Å². The monoisotopic (exact) mass is 268 g/mol. The molecule has 100 valence electrons. The van der Waals surface area contributed by atoms with Gasteiger partial charge in [-0.3, -0.25) is 0 Å². The van der Waals surface area contributed by atoms with Crippen molar-refractivity contribution in [2.75, 3.05) is 5.75 Å². The zero-order chi connectivity index (χ0) is 13.0. The molecule has 1 aliphatic rings. The molecule has 0 aliphatic carbocycles. The molecule has 1 saturated heterocycles. The molecule has 1 aromatic rings. The van der Waals surface area contributed by atoms with Crippen molar-refractivity contribution in [3.63, 3.8) is 0 Å². The number of ether oxygens (including phenoxy) is 1. The lowest BCUT2D eigenvalue weighted by Gasteiger charge is -2.18. The molecular formula is C14H20O3S. The van der Waals surface area contributed by atoms with Gasteiger partial charge in [0.2, 0.25) is 0 Å². The van der Waals surface area contributed by atoms with Crippen molar-refractivity contribution in [1.29, 1.82) is 0 Å². The molecule has 0 unspecified atom stereocenters. The maximum absolute atomic E-state index is 12.2. The predicted molar refractivity (Wildman–Crippen MR) is 71.3 cm³/mol. The maximum Gasteiger partial charge on any atom is 0.180 e. The maximum atomic E-state index is 12.2. The molecule has 0 amide bonds. The van der Waals surface area contributed by atoms with Crippen molar-refractivity contribution in [3.05, 3.63) is 30.3 Å². The predicted octanol–water partition coefficient (Wildman–Crippen LogP) is 2.81. The van der Waals surface area contributed by atoms with Crippen molar-refractivity contribution in [3.8, 4) is 0 Å². The van der Waals surface area contributed by atoms with Crippen LogP contribution in [0.25, 0.3) is 0 Å². The Morgan fingerprint density at radius 3 is 2.56 bits per heavy atom. The summed E-state index contributed by atoms with van der Waals surface area (Å²) in [5.74, 6) is 0.0986. The van der Waals surface area contributed by atoms with E-state index in [1.54, 1.807) is 24.3 Å². The Morgan fingerprint density at radius 2 is 1.83 bits per heavy atom. The lowest BCUT2D eigenvalue weighted by molar-refractivity contribution is 0.0149. The second kappa shape index (κ2) is 5.85. The van der Waals surface area contributed by atoms with E-state index in [4.69, 9.17) is 4.74 Å². The fraction of sp³-hybridized carbons (Fsp3) is 0.571. The van der Waals surface area contributed by atoms with Crippen LogP contribution in [0, 0.1) is 0 Å². The molecule has 0 radical (unpaired) electrons. The van der Waals surface area contributed by atoms with Crippen LogP contribution in [-0.4, -0.2) is 26.4 Å². The second-order valence-electron chi connectivity index (χ2n) is 4.95. The van der Waals surface area contributed by atoms with Crippen molar-refractivity contribution in [2.24, 2.45) is 0 Å². The summed E-state index contributed by atoms with van der Waals surface area (Å²) < 4.78 is 30.3. The van der Waals surface area contributed by atoms with Crippen LogP contribution in [-0.2, 0) is 14.6 Å². The van der Waals surface area contributed by atoms with Gasteiger partial charge in [-0.15, -0.1) is 0 Å². The largest absolute Gasteiger partial charge is 0.374 e. The average Bonchev–Trinajstić information content (AvgIpc) is 2.54. The zero-order valence-electron chi connectivity index (χ0n) is 10.7. The highest BCUT2D eigenvalue weighted by atomic mass is 32.2. The molecule has 0 saturated carbocycles. The Labute approximate surface area is 109 Å². The Balaban J connectivity index is 2.08. The van der Waals surface area contributed by atoms with Crippen molar-refractivity contribution in [1.82, 2.24) is 0 Å². The minimum absolute atomic E-state index is 0.0986. The summed E-state index contributed by atoms with van der Waals surface area (Å²) in [7, 11) is -3.22. The van der Waals surface area contributed by atoms with Gasteiger partial charge >= 0.3 is 0 Å². The molecule has 0 bridgehead atoms. The van der Waals surface area contributed by atoms with Crippen LogP contribution < -0.4 is 0 Å². The molecule has 4 heteroatoms. The highest BCUT2D eigenvalue weighted by Crippen LogP contribution is 2.21. The van der Waals surface area contributed by atoms with Gasteiger partial charge in [-0.05, 0) is 31.9 Å². The molecule has 1 aromatic carbocycles. The lowest BCUT2D eigenvalue weighted by Crippen LogP contribution is -2.26. The van der Waals surface area contributed by atoms with Crippen molar-refractivity contribution >= 4 is 9.84 Å². The van der Waals surface area contributed by atoms with Crippen molar-refractivity contribution in [2.45, 2.75) is 49.7 Å². The van der Waals surface area contributed by atoms with E-state index in [1.165, 1.54) is 0 Å². The summed E-state index contributed by atoms with van der Waals surface area (Å²) >= 11 is 0. The smallest absolute Gasteiger partial charge is 0.180 e. The third-order valence-corrected chi connectivity index (χ3v) is 5.12. The number of rotatable bonds is 3. The minimum atomic E-state index is -3.22. The van der Waals surface area contributed by atoms with Gasteiger partial charge in [0.25, 0.3) is 0 Å². The first-order chi connectivity index (χ1) is 8.58. The van der Waals surface area contributed by atoms with Gasteiger partial charge < -0.3 is 4.74 Å². The molecule has 2 rings (SSSR count). The van der Waals surface area contributed by atoms with Gasteiger partial charge in [-0.25, -0.2) is 8.42 Å². The summed E-state index contributed by atoms with van der Waals surface area (Å²) in [5.41, 5.74) is 0. The van der Waals surface area contributed by atoms with Gasteiger partial charge in [0.05, 0.1) is 22.9 Å². The van der Waals surface area contributed by atoms with Gasteiger partial charge in [0.1, 0.15) is 0 Å².